The Bertz CT molecular complexity index is 505. The summed E-state index contributed by atoms with van der Waals surface area (Å²) in [5.74, 6) is -1.77. The molecule has 100 valence electrons. The van der Waals surface area contributed by atoms with Crippen molar-refractivity contribution in [1.82, 2.24) is 5.06 Å². The molecule has 2 amide bonds. The molecule has 0 fully saturated rings. The molecule has 0 radical (unpaired) electrons. The summed E-state index contributed by atoms with van der Waals surface area (Å²) in [6.07, 6.45) is -1.03. The maximum atomic E-state index is 12.0. The fourth-order valence-corrected chi connectivity index (χ4v) is 1.72. The molecule has 19 heavy (non-hydrogen) atoms. The number of fused-ring (bicyclic) bond motifs is 1. The second kappa shape index (κ2) is 5.19. The van der Waals surface area contributed by atoms with Crippen molar-refractivity contribution in [2.24, 2.45) is 0 Å². The SMILES string of the molecule is CCOC(=O)[C@@H](C)ON1C(=O)c2ccccc2C1=O. The monoisotopic (exact) mass is 263 g/mol. The van der Waals surface area contributed by atoms with Gasteiger partial charge in [0.15, 0.2) is 6.10 Å². The summed E-state index contributed by atoms with van der Waals surface area (Å²) < 4.78 is 4.75. The van der Waals surface area contributed by atoms with Gasteiger partial charge < -0.3 is 4.74 Å². The van der Waals surface area contributed by atoms with Gasteiger partial charge in [-0.25, -0.2) is 9.63 Å². The van der Waals surface area contributed by atoms with Crippen LogP contribution in [0.2, 0.25) is 0 Å². The molecular formula is C13H13NO5. The van der Waals surface area contributed by atoms with Crippen LogP contribution in [-0.4, -0.2) is 35.6 Å². The van der Waals surface area contributed by atoms with Crippen molar-refractivity contribution in [3.05, 3.63) is 35.4 Å². The Morgan fingerprint density at radius 2 is 1.74 bits per heavy atom. The molecule has 0 saturated carbocycles. The number of imide groups is 1. The average molecular weight is 263 g/mol. The molecule has 1 aromatic carbocycles. The molecule has 1 aromatic rings. The minimum atomic E-state index is -1.03. The van der Waals surface area contributed by atoms with E-state index in [4.69, 9.17) is 9.57 Å². The van der Waals surface area contributed by atoms with Gasteiger partial charge in [-0.15, -0.1) is 5.06 Å². The Hall–Kier alpha value is -2.21. The molecule has 2 rings (SSSR count). The highest BCUT2D eigenvalue weighted by molar-refractivity contribution is 6.20. The molecule has 0 bridgehead atoms. The number of hydroxylamine groups is 2. The van der Waals surface area contributed by atoms with Gasteiger partial charge in [-0.3, -0.25) is 9.59 Å². The summed E-state index contributed by atoms with van der Waals surface area (Å²) >= 11 is 0. The Morgan fingerprint density at radius 3 is 2.21 bits per heavy atom. The van der Waals surface area contributed by atoms with E-state index in [1.807, 2.05) is 0 Å². The van der Waals surface area contributed by atoms with Crippen molar-refractivity contribution in [2.45, 2.75) is 20.0 Å². The van der Waals surface area contributed by atoms with Crippen LogP contribution in [0.1, 0.15) is 34.6 Å². The van der Waals surface area contributed by atoms with Gasteiger partial charge in [0.05, 0.1) is 17.7 Å². The number of carbonyl (C=O) groups is 3. The summed E-state index contributed by atoms with van der Waals surface area (Å²) in [5.41, 5.74) is 0.534. The third-order valence-electron chi connectivity index (χ3n) is 2.64. The Labute approximate surface area is 109 Å². The predicted octanol–water partition coefficient (Wildman–Crippen LogP) is 1.17. The highest BCUT2D eigenvalue weighted by Crippen LogP contribution is 2.23. The highest BCUT2D eigenvalue weighted by atomic mass is 16.7. The van der Waals surface area contributed by atoms with E-state index in [0.717, 1.165) is 0 Å². The van der Waals surface area contributed by atoms with E-state index in [2.05, 4.69) is 0 Å². The summed E-state index contributed by atoms with van der Waals surface area (Å²) in [4.78, 5) is 40.4. The minimum absolute atomic E-state index is 0.203. The van der Waals surface area contributed by atoms with Gasteiger partial charge in [0, 0.05) is 0 Å². The predicted molar refractivity (Wildman–Crippen MR) is 64.1 cm³/mol. The van der Waals surface area contributed by atoms with Crippen LogP contribution < -0.4 is 0 Å². The molecule has 1 aliphatic heterocycles. The van der Waals surface area contributed by atoms with Crippen LogP contribution in [-0.2, 0) is 14.4 Å². The van der Waals surface area contributed by atoms with Gasteiger partial charge in [-0.1, -0.05) is 12.1 Å². The number of hydrogen-bond donors (Lipinski definition) is 0. The van der Waals surface area contributed by atoms with Crippen molar-refractivity contribution in [3.63, 3.8) is 0 Å². The highest BCUT2D eigenvalue weighted by Gasteiger charge is 2.38. The van der Waals surface area contributed by atoms with Gasteiger partial charge in [0.1, 0.15) is 0 Å². The first kappa shape index (κ1) is 13.2. The molecule has 0 saturated heterocycles. The molecular weight excluding hydrogens is 250 g/mol. The molecule has 0 aromatic heterocycles. The summed E-state index contributed by atoms with van der Waals surface area (Å²) in [6.45, 7) is 3.28. The van der Waals surface area contributed by atoms with E-state index in [1.165, 1.54) is 19.1 Å². The fourth-order valence-electron chi connectivity index (χ4n) is 1.72. The quantitative estimate of drug-likeness (QED) is 0.602. The van der Waals surface area contributed by atoms with Gasteiger partial charge in [-0.05, 0) is 26.0 Å². The van der Waals surface area contributed by atoms with Crippen LogP contribution in [0.4, 0.5) is 0 Å². The number of rotatable bonds is 4. The lowest BCUT2D eigenvalue weighted by atomic mass is 10.1. The second-order valence-electron chi connectivity index (χ2n) is 3.95. The molecule has 0 spiro atoms. The van der Waals surface area contributed by atoms with E-state index in [1.54, 1.807) is 19.1 Å². The van der Waals surface area contributed by atoms with Crippen LogP contribution in [0.3, 0.4) is 0 Å². The van der Waals surface area contributed by atoms with E-state index in [0.29, 0.717) is 5.06 Å². The maximum Gasteiger partial charge on any atom is 0.337 e. The van der Waals surface area contributed by atoms with Gasteiger partial charge >= 0.3 is 5.97 Å². The van der Waals surface area contributed by atoms with Gasteiger partial charge in [0.2, 0.25) is 0 Å². The number of esters is 1. The molecule has 0 unspecified atom stereocenters. The first-order chi connectivity index (χ1) is 9.06. The van der Waals surface area contributed by atoms with Crippen LogP contribution >= 0.6 is 0 Å². The lowest BCUT2D eigenvalue weighted by molar-refractivity contribution is -0.176. The Balaban J connectivity index is 2.14. The lowest BCUT2D eigenvalue weighted by Gasteiger charge is -2.17. The van der Waals surface area contributed by atoms with Crippen molar-refractivity contribution >= 4 is 17.8 Å². The standard InChI is InChI=1S/C13H13NO5/c1-3-18-13(17)8(2)19-14-11(15)9-6-4-5-7-10(9)12(14)16/h4-8H,3H2,1-2H3/t8-/m1/s1. The Kier molecular flexibility index (Phi) is 3.62. The fraction of sp³-hybridized carbons (Fsp3) is 0.308. The molecule has 1 heterocycles. The van der Waals surface area contributed by atoms with Gasteiger partial charge in [-0.2, -0.15) is 0 Å². The van der Waals surface area contributed by atoms with E-state index < -0.39 is 23.9 Å². The molecule has 0 N–H and O–H groups in total. The molecule has 6 nitrogen and oxygen atoms in total. The number of hydrogen-bond acceptors (Lipinski definition) is 5. The van der Waals surface area contributed by atoms with Crippen molar-refractivity contribution in [3.8, 4) is 0 Å². The third kappa shape index (κ3) is 2.34. The van der Waals surface area contributed by atoms with Crippen LogP contribution in [0.5, 0.6) is 0 Å². The first-order valence-corrected chi connectivity index (χ1v) is 5.87. The Morgan fingerprint density at radius 1 is 1.21 bits per heavy atom. The number of ether oxygens (including phenoxy) is 1. The first-order valence-electron chi connectivity index (χ1n) is 5.87. The summed E-state index contributed by atoms with van der Waals surface area (Å²) in [5, 5.41) is 0.603. The van der Waals surface area contributed by atoms with E-state index in [-0.39, 0.29) is 17.7 Å². The third-order valence-corrected chi connectivity index (χ3v) is 2.64. The average Bonchev–Trinajstić information content (AvgIpc) is 2.65. The smallest absolute Gasteiger partial charge is 0.337 e. The van der Waals surface area contributed by atoms with Crippen molar-refractivity contribution < 1.29 is 24.0 Å². The van der Waals surface area contributed by atoms with Crippen LogP contribution in [0, 0.1) is 0 Å². The number of nitrogens with zero attached hydrogens (tertiary/aromatic N) is 1. The molecule has 1 atom stereocenters. The number of carbonyl (C=O) groups excluding carboxylic acids is 3. The topological polar surface area (TPSA) is 72.9 Å². The number of amides is 2. The van der Waals surface area contributed by atoms with E-state index in [9.17, 15) is 14.4 Å². The largest absolute Gasteiger partial charge is 0.464 e. The van der Waals surface area contributed by atoms with Crippen molar-refractivity contribution in [2.75, 3.05) is 6.61 Å². The zero-order valence-electron chi connectivity index (χ0n) is 10.6. The maximum absolute atomic E-state index is 12.0. The number of benzene rings is 1. The normalized spacial score (nSPS) is 15.4. The lowest BCUT2D eigenvalue weighted by Crippen LogP contribution is -2.37. The van der Waals surface area contributed by atoms with Crippen LogP contribution in [0.25, 0.3) is 0 Å². The molecule has 1 aliphatic rings. The van der Waals surface area contributed by atoms with E-state index >= 15 is 0 Å². The van der Waals surface area contributed by atoms with Crippen molar-refractivity contribution in [1.29, 1.82) is 0 Å². The zero-order valence-corrected chi connectivity index (χ0v) is 10.6. The van der Waals surface area contributed by atoms with Crippen LogP contribution in [0.15, 0.2) is 24.3 Å². The zero-order chi connectivity index (χ0) is 14.0. The molecule has 6 heteroatoms. The summed E-state index contributed by atoms with van der Waals surface area (Å²) in [7, 11) is 0. The second-order valence-corrected chi connectivity index (χ2v) is 3.95. The molecule has 0 aliphatic carbocycles. The van der Waals surface area contributed by atoms with Gasteiger partial charge in [0.25, 0.3) is 11.8 Å². The minimum Gasteiger partial charge on any atom is -0.464 e. The summed E-state index contributed by atoms with van der Waals surface area (Å²) in [6, 6.07) is 6.38.